The predicted molar refractivity (Wildman–Crippen MR) is 293 cm³/mol. The van der Waals surface area contributed by atoms with Gasteiger partial charge in [0.25, 0.3) is 0 Å². The summed E-state index contributed by atoms with van der Waals surface area (Å²) in [6, 6.07) is 0. The van der Waals surface area contributed by atoms with Crippen LogP contribution < -0.4 is 0 Å². The topological polar surface area (TPSA) is 78.9 Å². The highest BCUT2D eigenvalue weighted by atomic mass is 16.6. The maximum absolute atomic E-state index is 12.9. The van der Waals surface area contributed by atoms with E-state index in [9.17, 15) is 14.4 Å². The SMILES string of the molecule is CC/C=C\C/C=C\CCCCCCCCCC(=O)OCC(COC(=O)CCCCCCCCCCCC/C=C\C=C/CCCCC)OC(=O)CCCCCCCCCCCCCCCCCCC. The Morgan fingerprint density at radius 3 is 1.00 bits per heavy atom. The molecule has 0 radical (unpaired) electrons. The first-order chi connectivity index (χ1) is 33.5. The van der Waals surface area contributed by atoms with Gasteiger partial charge in [-0.2, -0.15) is 0 Å². The molecule has 6 nitrogen and oxygen atoms in total. The van der Waals surface area contributed by atoms with Crippen molar-refractivity contribution in [2.45, 2.75) is 316 Å². The Morgan fingerprint density at radius 2 is 0.618 bits per heavy atom. The van der Waals surface area contributed by atoms with E-state index in [1.165, 1.54) is 193 Å². The van der Waals surface area contributed by atoms with Crippen molar-refractivity contribution in [1.29, 1.82) is 0 Å². The summed E-state index contributed by atoms with van der Waals surface area (Å²) in [7, 11) is 0. The fourth-order valence-corrected chi connectivity index (χ4v) is 8.65. The van der Waals surface area contributed by atoms with E-state index in [1.807, 2.05) is 0 Å². The highest BCUT2D eigenvalue weighted by Gasteiger charge is 2.19. The molecule has 0 aliphatic rings. The van der Waals surface area contributed by atoms with Crippen molar-refractivity contribution in [3.05, 3.63) is 48.6 Å². The normalized spacial score (nSPS) is 12.3. The van der Waals surface area contributed by atoms with E-state index in [0.717, 1.165) is 77.0 Å². The highest BCUT2D eigenvalue weighted by molar-refractivity contribution is 5.71. The van der Waals surface area contributed by atoms with Crippen molar-refractivity contribution in [3.8, 4) is 0 Å². The zero-order valence-electron chi connectivity index (χ0n) is 45.4. The van der Waals surface area contributed by atoms with Crippen LogP contribution in [0.25, 0.3) is 0 Å². The maximum atomic E-state index is 12.9. The summed E-state index contributed by atoms with van der Waals surface area (Å²) in [5.41, 5.74) is 0. The van der Waals surface area contributed by atoms with Gasteiger partial charge in [0, 0.05) is 19.3 Å². The maximum Gasteiger partial charge on any atom is 0.306 e. The van der Waals surface area contributed by atoms with Crippen molar-refractivity contribution in [1.82, 2.24) is 0 Å². The molecule has 0 spiro atoms. The summed E-state index contributed by atoms with van der Waals surface area (Å²) in [6.07, 6.45) is 69.6. The van der Waals surface area contributed by atoms with Crippen LogP contribution in [0.5, 0.6) is 0 Å². The Hall–Kier alpha value is -2.63. The van der Waals surface area contributed by atoms with Crippen LogP contribution in [0.2, 0.25) is 0 Å². The molecule has 0 aromatic heterocycles. The molecule has 0 heterocycles. The van der Waals surface area contributed by atoms with Gasteiger partial charge in [-0.3, -0.25) is 14.4 Å². The molecule has 0 saturated carbocycles. The Balaban J connectivity index is 4.33. The third-order valence-corrected chi connectivity index (χ3v) is 13.1. The molecule has 0 bridgehead atoms. The van der Waals surface area contributed by atoms with Gasteiger partial charge in [0.05, 0.1) is 0 Å². The number of ether oxygens (including phenoxy) is 3. The third-order valence-electron chi connectivity index (χ3n) is 13.1. The summed E-state index contributed by atoms with van der Waals surface area (Å²) in [4.78, 5) is 38.2. The quantitative estimate of drug-likeness (QED) is 0.0199. The summed E-state index contributed by atoms with van der Waals surface area (Å²) in [6.45, 7) is 6.54. The number of hydrogen-bond donors (Lipinski definition) is 0. The smallest absolute Gasteiger partial charge is 0.306 e. The van der Waals surface area contributed by atoms with Gasteiger partial charge in [-0.05, 0) is 70.6 Å². The fraction of sp³-hybridized carbons (Fsp3) is 0.823. The molecule has 0 aliphatic heterocycles. The van der Waals surface area contributed by atoms with Gasteiger partial charge in [0.2, 0.25) is 0 Å². The molecule has 0 rings (SSSR count). The van der Waals surface area contributed by atoms with Gasteiger partial charge in [-0.25, -0.2) is 0 Å². The molecule has 1 unspecified atom stereocenters. The molecular formula is C62H112O6. The number of unbranched alkanes of at least 4 members (excludes halogenated alkanes) is 36. The highest BCUT2D eigenvalue weighted by Crippen LogP contribution is 2.17. The van der Waals surface area contributed by atoms with Crippen molar-refractivity contribution >= 4 is 17.9 Å². The number of carbonyl (C=O) groups excluding carboxylic acids is 3. The van der Waals surface area contributed by atoms with Crippen LogP contribution in [0, 0.1) is 0 Å². The lowest BCUT2D eigenvalue weighted by molar-refractivity contribution is -0.167. The fourth-order valence-electron chi connectivity index (χ4n) is 8.65. The van der Waals surface area contributed by atoms with Crippen LogP contribution in [0.3, 0.4) is 0 Å². The molecular weight excluding hydrogens is 841 g/mol. The molecule has 0 aromatic carbocycles. The molecule has 0 saturated heterocycles. The Kier molecular flexibility index (Phi) is 54.8. The van der Waals surface area contributed by atoms with E-state index in [1.54, 1.807) is 0 Å². The predicted octanol–water partition coefficient (Wildman–Crippen LogP) is 19.8. The second-order valence-corrected chi connectivity index (χ2v) is 19.9. The molecule has 0 amide bonds. The number of rotatable bonds is 54. The number of carbonyl (C=O) groups is 3. The van der Waals surface area contributed by atoms with E-state index < -0.39 is 6.10 Å². The Labute approximate surface area is 422 Å². The summed E-state index contributed by atoms with van der Waals surface area (Å²) in [5, 5.41) is 0. The number of hydrogen-bond acceptors (Lipinski definition) is 6. The van der Waals surface area contributed by atoms with Crippen molar-refractivity contribution < 1.29 is 28.6 Å². The van der Waals surface area contributed by atoms with Crippen molar-refractivity contribution in [2.24, 2.45) is 0 Å². The Morgan fingerprint density at radius 1 is 0.324 bits per heavy atom. The van der Waals surface area contributed by atoms with E-state index in [0.29, 0.717) is 19.3 Å². The molecule has 396 valence electrons. The van der Waals surface area contributed by atoms with E-state index in [-0.39, 0.29) is 31.1 Å². The minimum atomic E-state index is -0.775. The second kappa shape index (κ2) is 57.0. The van der Waals surface area contributed by atoms with Crippen LogP contribution in [0.15, 0.2) is 48.6 Å². The van der Waals surface area contributed by atoms with Crippen LogP contribution in [0.1, 0.15) is 310 Å². The molecule has 6 heteroatoms. The minimum Gasteiger partial charge on any atom is -0.462 e. The molecule has 0 aromatic rings. The molecule has 1 atom stereocenters. The van der Waals surface area contributed by atoms with Crippen molar-refractivity contribution in [3.63, 3.8) is 0 Å². The molecule has 0 aliphatic carbocycles. The molecule has 0 fully saturated rings. The van der Waals surface area contributed by atoms with E-state index in [4.69, 9.17) is 14.2 Å². The standard InChI is InChI=1S/C62H112O6/c1-4-7-10-13-16-19-22-25-28-30-31-33-34-37-40-43-46-49-52-55-61(64)67-58-59(57-66-60(63)54-51-48-45-42-39-36-27-24-21-18-15-12-9-6-3)68-62(65)56-53-50-47-44-41-38-35-32-29-26-23-20-17-14-11-8-5-2/h9,12,16,18-19,21-22,25,59H,4-8,10-11,13-15,17,20,23-24,26-58H2,1-3H3/b12-9-,19-16-,21-18-,25-22-. The zero-order valence-corrected chi connectivity index (χ0v) is 45.4. The van der Waals surface area contributed by atoms with Gasteiger partial charge < -0.3 is 14.2 Å². The largest absolute Gasteiger partial charge is 0.462 e. The lowest BCUT2D eigenvalue weighted by atomic mass is 10.0. The first-order valence-electron chi connectivity index (χ1n) is 29.7. The van der Waals surface area contributed by atoms with Gasteiger partial charge >= 0.3 is 17.9 Å². The van der Waals surface area contributed by atoms with Crippen LogP contribution in [-0.4, -0.2) is 37.2 Å². The first-order valence-corrected chi connectivity index (χ1v) is 29.7. The van der Waals surface area contributed by atoms with Gasteiger partial charge in [-0.15, -0.1) is 0 Å². The zero-order chi connectivity index (χ0) is 49.3. The lowest BCUT2D eigenvalue weighted by Gasteiger charge is -2.18. The van der Waals surface area contributed by atoms with Gasteiger partial charge in [-0.1, -0.05) is 268 Å². The van der Waals surface area contributed by atoms with Crippen LogP contribution in [0.4, 0.5) is 0 Å². The first kappa shape index (κ1) is 65.4. The van der Waals surface area contributed by atoms with Crippen LogP contribution >= 0.6 is 0 Å². The summed E-state index contributed by atoms with van der Waals surface area (Å²) >= 11 is 0. The van der Waals surface area contributed by atoms with E-state index >= 15 is 0 Å². The number of esters is 3. The minimum absolute atomic E-state index is 0.0743. The van der Waals surface area contributed by atoms with Crippen LogP contribution in [-0.2, 0) is 28.6 Å². The Bertz CT molecular complexity index is 1190. The van der Waals surface area contributed by atoms with Gasteiger partial charge in [0.15, 0.2) is 6.10 Å². The third kappa shape index (κ3) is 54.3. The lowest BCUT2D eigenvalue weighted by Crippen LogP contribution is -2.30. The van der Waals surface area contributed by atoms with E-state index in [2.05, 4.69) is 69.4 Å². The summed E-state index contributed by atoms with van der Waals surface area (Å²) < 4.78 is 16.9. The average molecular weight is 954 g/mol. The monoisotopic (exact) mass is 953 g/mol. The molecule has 68 heavy (non-hydrogen) atoms. The summed E-state index contributed by atoms with van der Waals surface area (Å²) in [5.74, 6) is -0.869. The number of allylic oxidation sites excluding steroid dienone is 8. The van der Waals surface area contributed by atoms with Crippen molar-refractivity contribution in [2.75, 3.05) is 13.2 Å². The molecule has 0 N–H and O–H groups in total. The van der Waals surface area contributed by atoms with Gasteiger partial charge in [0.1, 0.15) is 13.2 Å². The average Bonchev–Trinajstić information content (AvgIpc) is 3.34. The second-order valence-electron chi connectivity index (χ2n) is 19.9.